The van der Waals surface area contributed by atoms with E-state index in [0.29, 0.717) is 30.5 Å². The Bertz CT molecular complexity index is 469. The van der Waals surface area contributed by atoms with Crippen LogP contribution in [-0.2, 0) is 6.54 Å². The van der Waals surface area contributed by atoms with Crippen LogP contribution in [0.2, 0.25) is 0 Å². The fourth-order valence-electron chi connectivity index (χ4n) is 1.23. The summed E-state index contributed by atoms with van der Waals surface area (Å²) in [5.74, 6) is 1.01. The maximum Gasteiger partial charge on any atom is 0.216 e. The van der Waals surface area contributed by atoms with Gasteiger partial charge in [0.25, 0.3) is 0 Å². The van der Waals surface area contributed by atoms with Gasteiger partial charge in [0, 0.05) is 12.6 Å². The molecule has 0 aliphatic carbocycles. The van der Waals surface area contributed by atoms with Crippen molar-refractivity contribution in [1.82, 2.24) is 30.2 Å². The van der Waals surface area contributed by atoms with Gasteiger partial charge in [-0.15, -0.1) is 5.10 Å². The number of nitrogens with two attached hydrogens (primary N) is 1. The molecule has 16 heavy (non-hydrogen) atoms. The maximum absolute atomic E-state index is 5.45. The van der Waals surface area contributed by atoms with E-state index < -0.39 is 0 Å². The first-order chi connectivity index (χ1) is 7.85. The van der Waals surface area contributed by atoms with Crippen LogP contribution in [0.4, 0.5) is 0 Å². The van der Waals surface area contributed by atoms with E-state index in [1.807, 2.05) is 0 Å². The number of methoxy groups -OCH3 is 1. The van der Waals surface area contributed by atoms with Gasteiger partial charge < -0.3 is 10.5 Å². The molecule has 8 nitrogen and oxygen atoms in total. The van der Waals surface area contributed by atoms with Crippen LogP contribution < -0.4 is 10.5 Å². The molecule has 2 heterocycles. The van der Waals surface area contributed by atoms with Gasteiger partial charge in [-0.3, -0.25) is 0 Å². The first kappa shape index (κ1) is 10.4. The number of hydrogen-bond donors (Lipinski definition) is 1. The molecule has 0 radical (unpaired) electrons. The zero-order valence-electron chi connectivity index (χ0n) is 8.74. The average Bonchev–Trinajstić information content (AvgIpc) is 2.78. The van der Waals surface area contributed by atoms with E-state index in [2.05, 4.69) is 25.5 Å². The molecule has 0 saturated heterocycles. The molecule has 2 N–H and O–H groups in total. The number of aromatic nitrogens is 6. The van der Waals surface area contributed by atoms with Crippen LogP contribution in [0.15, 0.2) is 12.4 Å². The Morgan fingerprint density at radius 2 is 2.31 bits per heavy atom. The summed E-state index contributed by atoms with van der Waals surface area (Å²) in [6.45, 7) is 0.995. The number of hydrogen-bond acceptors (Lipinski definition) is 7. The number of rotatable bonds is 4. The molecule has 84 valence electrons. The van der Waals surface area contributed by atoms with Crippen LogP contribution in [0.5, 0.6) is 5.88 Å². The molecule has 0 aliphatic heterocycles. The Morgan fingerprint density at radius 1 is 1.44 bits per heavy atom. The minimum absolute atomic E-state index is 0.459. The van der Waals surface area contributed by atoms with E-state index in [-0.39, 0.29) is 0 Å². The molecule has 0 spiro atoms. The minimum atomic E-state index is 0.459. The molecular weight excluding hydrogens is 210 g/mol. The van der Waals surface area contributed by atoms with Crippen molar-refractivity contribution in [3.8, 4) is 17.4 Å². The summed E-state index contributed by atoms with van der Waals surface area (Å²) < 4.78 is 6.58. The van der Waals surface area contributed by atoms with Gasteiger partial charge in [-0.25, -0.2) is 14.6 Å². The first-order valence-electron chi connectivity index (χ1n) is 4.68. The molecule has 0 aliphatic rings. The van der Waals surface area contributed by atoms with Crippen LogP contribution in [0.3, 0.4) is 0 Å². The highest BCUT2D eigenvalue weighted by molar-refractivity contribution is 5.49. The zero-order chi connectivity index (χ0) is 11.4. The number of tetrazole rings is 1. The lowest BCUT2D eigenvalue weighted by Gasteiger charge is -2.02. The fourth-order valence-corrected chi connectivity index (χ4v) is 1.23. The lowest BCUT2D eigenvalue weighted by atomic mass is 10.4. The van der Waals surface area contributed by atoms with Crippen LogP contribution in [0.1, 0.15) is 0 Å². The van der Waals surface area contributed by atoms with Crippen molar-refractivity contribution in [3.63, 3.8) is 0 Å². The Balaban J connectivity index is 2.37. The van der Waals surface area contributed by atoms with Crippen molar-refractivity contribution in [2.45, 2.75) is 6.54 Å². The van der Waals surface area contributed by atoms with E-state index in [1.54, 1.807) is 10.7 Å². The van der Waals surface area contributed by atoms with Crippen molar-refractivity contribution in [2.75, 3.05) is 13.7 Å². The third-order valence-corrected chi connectivity index (χ3v) is 1.95. The average molecular weight is 221 g/mol. The third kappa shape index (κ3) is 1.96. The number of nitrogens with zero attached hydrogens (tertiary/aromatic N) is 6. The summed E-state index contributed by atoms with van der Waals surface area (Å²) in [5.41, 5.74) is 6.05. The zero-order valence-corrected chi connectivity index (χ0v) is 8.74. The maximum atomic E-state index is 5.45. The van der Waals surface area contributed by atoms with Gasteiger partial charge >= 0.3 is 0 Å². The van der Waals surface area contributed by atoms with Crippen molar-refractivity contribution < 1.29 is 4.74 Å². The van der Waals surface area contributed by atoms with Crippen LogP contribution in [0, 0.1) is 0 Å². The Labute approximate surface area is 91.5 Å². The van der Waals surface area contributed by atoms with Crippen LogP contribution >= 0.6 is 0 Å². The highest BCUT2D eigenvalue weighted by Gasteiger charge is 2.10. The van der Waals surface area contributed by atoms with Gasteiger partial charge in [-0.1, -0.05) is 0 Å². The Kier molecular flexibility index (Phi) is 3.01. The molecule has 0 bridgehead atoms. The molecule has 2 aromatic heterocycles. The molecule has 2 rings (SSSR count). The lowest BCUT2D eigenvalue weighted by Crippen LogP contribution is -2.12. The summed E-state index contributed by atoms with van der Waals surface area (Å²) in [4.78, 5) is 7.98. The molecule has 0 aromatic carbocycles. The van der Waals surface area contributed by atoms with Crippen molar-refractivity contribution in [2.24, 2.45) is 5.73 Å². The van der Waals surface area contributed by atoms with Crippen LogP contribution in [-0.4, -0.2) is 43.8 Å². The first-order valence-corrected chi connectivity index (χ1v) is 4.68. The van der Waals surface area contributed by atoms with Gasteiger partial charge in [0.05, 0.1) is 13.7 Å². The fraction of sp³-hybridized carbons (Fsp3) is 0.375. The molecule has 0 atom stereocenters. The quantitative estimate of drug-likeness (QED) is 0.713. The molecular formula is C8H11N7O. The lowest BCUT2D eigenvalue weighted by molar-refractivity contribution is 0.397. The van der Waals surface area contributed by atoms with Crippen molar-refractivity contribution >= 4 is 0 Å². The minimum Gasteiger partial charge on any atom is -0.481 e. The van der Waals surface area contributed by atoms with E-state index in [1.165, 1.54) is 13.4 Å². The second kappa shape index (κ2) is 4.62. The van der Waals surface area contributed by atoms with Gasteiger partial charge in [0.2, 0.25) is 11.7 Å². The van der Waals surface area contributed by atoms with E-state index in [9.17, 15) is 0 Å². The van der Waals surface area contributed by atoms with Gasteiger partial charge in [-0.05, 0) is 10.4 Å². The van der Waals surface area contributed by atoms with E-state index >= 15 is 0 Å². The largest absolute Gasteiger partial charge is 0.481 e. The summed E-state index contributed by atoms with van der Waals surface area (Å²) in [7, 11) is 1.54. The predicted octanol–water partition coefficient (Wildman–Crippen LogP) is -0.903. The summed E-state index contributed by atoms with van der Waals surface area (Å²) in [6.07, 6.45) is 1.40. The summed E-state index contributed by atoms with van der Waals surface area (Å²) in [5, 5.41) is 11.3. The second-order valence-corrected chi connectivity index (χ2v) is 2.96. The molecule has 0 amide bonds. The van der Waals surface area contributed by atoms with E-state index in [0.717, 1.165) is 0 Å². The van der Waals surface area contributed by atoms with Crippen molar-refractivity contribution in [1.29, 1.82) is 0 Å². The monoisotopic (exact) mass is 221 g/mol. The molecule has 2 aromatic rings. The van der Waals surface area contributed by atoms with Gasteiger partial charge in [0.15, 0.2) is 0 Å². The smallest absolute Gasteiger partial charge is 0.216 e. The molecule has 8 heteroatoms. The highest BCUT2D eigenvalue weighted by atomic mass is 16.5. The predicted molar refractivity (Wildman–Crippen MR) is 54.4 cm³/mol. The summed E-state index contributed by atoms with van der Waals surface area (Å²) in [6, 6.07) is 1.67. The Hall–Kier alpha value is -2.09. The topological polar surface area (TPSA) is 105 Å². The van der Waals surface area contributed by atoms with Crippen molar-refractivity contribution in [3.05, 3.63) is 12.4 Å². The van der Waals surface area contributed by atoms with Crippen LogP contribution in [0.25, 0.3) is 11.5 Å². The Morgan fingerprint density at radius 3 is 3.06 bits per heavy atom. The molecule has 0 saturated carbocycles. The number of ether oxygens (including phenoxy) is 1. The van der Waals surface area contributed by atoms with E-state index in [4.69, 9.17) is 10.5 Å². The molecule has 0 fully saturated rings. The normalized spacial score (nSPS) is 10.4. The van der Waals surface area contributed by atoms with Gasteiger partial charge in [0.1, 0.15) is 12.0 Å². The molecule has 0 unspecified atom stereocenters. The third-order valence-electron chi connectivity index (χ3n) is 1.95. The standard InChI is InChI=1S/C8H11N7O/c1-16-7-4-6(10-5-11-7)8-12-13-14-15(8)3-2-9/h4-5H,2-3,9H2,1H3. The second-order valence-electron chi connectivity index (χ2n) is 2.96. The summed E-state index contributed by atoms with van der Waals surface area (Å²) >= 11 is 0. The van der Waals surface area contributed by atoms with Gasteiger partial charge in [-0.2, -0.15) is 0 Å². The highest BCUT2D eigenvalue weighted by Crippen LogP contribution is 2.15. The SMILES string of the molecule is COc1cc(-c2nnnn2CCN)ncn1.